The lowest BCUT2D eigenvalue weighted by Gasteiger charge is -2.32. The van der Waals surface area contributed by atoms with E-state index in [2.05, 4.69) is 20.9 Å². The van der Waals surface area contributed by atoms with Crippen molar-refractivity contribution in [1.29, 1.82) is 5.41 Å². The molecule has 1 amide bonds. The van der Waals surface area contributed by atoms with Crippen LogP contribution in [0.1, 0.15) is 17.4 Å². The van der Waals surface area contributed by atoms with Crippen molar-refractivity contribution in [3.63, 3.8) is 0 Å². The number of hydrogen-bond donors (Lipinski definition) is 6. The molecule has 0 saturated carbocycles. The maximum absolute atomic E-state index is 14.1. The number of thiazole rings is 1. The second-order valence-corrected chi connectivity index (χ2v) is 8.57. The minimum atomic E-state index is -1.02. The predicted molar refractivity (Wildman–Crippen MR) is 119 cm³/mol. The van der Waals surface area contributed by atoms with Crippen LogP contribution in [-0.2, 0) is 0 Å². The molecule has 0 radical (unpaired) electrons. The lowest BCUT2D eigenvalue weighted by atomic mass is 10.1. The first-order valence-electron chi connectivity index (χ1n) is 9.79. The Labute approximate surface area is 187 Å². The van der Waals surface area contributed by atoms with Crippen LogP contribution < -0.4 is 21.7 Å². The van der Waals surface area contributed by atoms with Crippen molar-refractivity contribution in [3.8, 4) is 10.6 Å². The molecule has 32 heavy (non-hydrogen) atoms. The molecular formula is C20H25F2N7O2S. The molecule has 0 aliphatic carbocycles. The summed E-state index contributed by atoms with van der Waals surface area (Å²) in [6.45, 7) is 3.47. The minimum absolute atomic E-state index is 0.0163. The number of aliphatic hydroxyl groups is 1. The van der Waals surface area contributed by atoms with Crippen molar-refractivity contribution in [2.75, 3.05) is 39.0 Å². The van der Waals surface area contributed by atoms with Gasteiger partial charge in [0.05, 0.1) is 16.9 Å². The Bertz CT molecular complexity index is 1030. The number of hydrogen-bond acceptors (Lipinski definition) is 9. The molecule has 0 spiro atoms. The molecule has 1 aromatic carbocycles. The van der Waals surface area contributed by atoms with Crippen LogP contribution in [0.2, 0.25) is 0 Å². The number of nitrogen functional groups attached to an aromatic ring is 1. The van der Waals surface area contributed by atoms with Crippen molar-refractivity contribution in [2.24, 2.45) is 0 Å². The molecular weight excluding hydrogens is 440 g/mol. The number of nitrogens with two attached hydrogens (primary N) is 1. The van der Waals surface area contributed by atoms with Gasteiger partial charge in [0.2, 0.25) is 0 Å². The van der Waals surface area contributed by atoms with Gasteiger partial charge >= 0.3 is 0 Å². The van der Waals surface area contributed by atoms with E-state index in [1.165, 1.54) is 6.07 Å². The van der Waals surface area contributed by atoms with Gasteiger partial charge in [0.1, 0.15) is 27.5 Å². The van der Waals surface area contributed by atoms with Crippen LogP contribution >= 0.6 is 11.3 Å². The van der Waals surface area contributed by atoms with Gasteiger partial charge in [0.15, 0.2) is 5.69 Å². The van der Waals surface area contributed by atoms with Crippen LogP contribution in [0.3, 0.4) is 0 Å². The lowest BCUT2D eigenvalue weighted by Crippen LogP contribution is -2.45. The van der Waals surface area contributed by atoms with Gasteiger partial charge < -0.3 is 37.1 Å². The van der Waals surface area contributed by atoms with Crippen LogP contribution in [0.15, 0.2) is 29.7 Å². The quantitative estimate of drug-likeness (QED) is 0.351. The molecule has 12 heteroatoms. The van der Waals surface area contributed by atoms with E-state index in [-0.39, 0.29) is 33.5 Å². The first-order chi connectivity index (χ1) is 15.2. The average molecular weight is 466 g/mol. The number of carbonyl (C=O) groups is 1. The number of amides is 1. The molecule has 1 saturated heterocycles. The molecule has 1 atom stereocenters. The fourth-order valence-electron chi connectivity index (χ4n) is 3.42. The summed E-state index contributed by atoms with van der Waals surface area (Å²) in [7, 11) is 1.63. The number of allylic oxidation sites excluding steroid dienone is 1. The topological polar surface area (TPSA) is 139 Å². The van der Waals surface area contributed by atoms with Gasteiger partial charge in [-0.05, 0) is 19.1 Å². The van der Waals surface area contributed by atoms with Gasteiger partial charge in [-0.25, -0.2) is 13.8 Å². The molecule has 1 unspecified atom stereocenters. The van der Waals surface area contributed by atoms with E-state index in [9.17, 15) is 18.7 Å². The number of halogens is 2. The molecule has 172 valence electrons. The maximum atomic E-state index is 14.1. The number of carbonyl (C=O) groups excluding carboxylic acids is 1. The van der Waals surface area contributed by atoms with E-state index in [1.54, 1.807) is 14.0 Å². The monoisotopic (exact) mass is 465 g/mol. The third kappa shape index (κ3) is 5.03. The zero-order valence-corrected chi connectivity index (χ0v) is 18.4. The smallest absolute Gasteiger partial charge is 0.277 e. The van der Waals surface area contributed by atoms with E-state index in [0.717, 1.165) is 29.7 Å². The van der Waals surface area contributed by atoms with Gasteiger partial charge in [0.25, 0.3) is 5.91 Å². The van der Waals surface area contributed by atoms with Crippen LogP contribution in [0.5, 0.6) is 0 Å². The number of benzene rings is 1. The fraction of sp³-hybridized carbons (Fsp3) is 0.350. The summed E-state index contributed by atoms with van der Waals surface area (Å²) in [6, 6.07) is 3.42. The molecule has 2 heterocycles. The van der Waals surface area contributed by atoms with Crippen molar-refractivity contribution >= 4 is 28.5 Å². The number of nitrogens with zero attached hydrogens (tertiary/aromatic N) is 2. The van der Waals surface area contributed by atoms with Crippen LogP contribution in [0.4, 0.5) is 13.8 Å². The van der Waals surface area contributed by atoms with Crippen molar-refractivity contribution in [1.82, 2.24) is 25.8 Å². The fourth-order valence-corrected chi connectivity index (χ4v) is 4.30. The summed E-state index contributed by atoms with van der Waals surface area (Å²) in [5.74, 6) is -1.94. The molecule has 1 aliphatic heterocycles. The summed E-state index contributed by atoms with van der Waals surface area (Å²) in [5, 5.41) is 26.9. The normalized spacial score (nSPS) is 19.7. The highest BCUT2D eigenvalue weighted by Gasteiger charge is 2.29. The standard InChI is InChI=1S/C20H25F2N7O2S/c1-20(31)9-26-6-7-29(10-20)17(25-2)13(8-23)27-18(30)15-16(24)32-19(28-15)14-11(21)4-3-5-12(14)22/h3-5,8,23,25-26,31H,6-7,9-10,24H2,1-2H3,(H,27,30)/b17-13-,23-8?. The number of rotatable bonds is 6. The molecule has 1 fully saturated rings. The summed E-state index contributed by atoms with van der Waals surface area (Å²) >= 11 is 0.789. The zero-order valence-electron chi connectivity index (χ0n) is 17.6. The van der Waals surface area contributed by atoms with Gasteiger partial charge in [-0.1, -0.05) is 17.4 Å². The Balaban J connectivity index is 1.90. The first kappa shape index (κ1) is 23.6. The summed E-state index contributed by atoms with van der Waals surface area (Å²) < 4.78 is 28.2. The second kappa shape index (κ2) is 9.59. The third-order valence-electron chi connectivity index (χ3n) is 4.84. The highest BCUT2D eigenvalue weighted by molar-refractivity contribution is 7.19. The number of nitrogens with one attached hydrogen (secondary N) is 4. The van der Waals surface area contributed by atoms with E-state index in [0.29, 0.717) is 25.5 Å². The third-order valence-corrected chi connectivity index (χ3v) is 5.74. The zero-order chi connectivity index (χ0) is 23.5. The Hall–Kier alpha value is -3.09. The maximum Gasteiger partial charge on any atom is 0.277 e. The van der Waals surface area contributed by atoms with E-state index < -0.39 is 23.1 Å². The predicted octanol–water partition coefficient (Wildman–Crippen LogP) is 1.09. The van der Waals surface area contributed by atoms with Crippen molar-refractivity contribution in [3.05, 3.63) is 47.0 Å². The number of aromatic nitrogens is 1. The Kier molecular flexibility index (Phi) is 7.06. The van der Waals surface area contributed by atoms with E-state index in [4.69, 9.17) is 11.1 Å². The SMILES string of the molecule is CN/C(=C(\C=N)NC(=O)c1nc(-c2c(F)cccc2F)sc1N)N1CCNCC(C)(O)C1. The van der Waals surface area contributed by atoms with Gasteiger partial charge in [0, 0.05) is 39.4 Å². The summed E-state index contributed by atoms with van der Waals surface area (Å²) in [5.41, 5.74) is 4.46. The van der Waals surface area contributed by atoms with Crippen molar-refractivity contribution in [2.45, 2.75) is 12.5 Å². The van der Waals surface area contributed by atoms with E-state index in [1.807, 2.05) is 4.90 Å². The largest absolute Gasteiger partial charge is 0.389 e. The van der Waals surface area contributed by atoms with Crippen LogP contribution in [0.25, 0.3) is 10.6 Å². The van der Waals surface area contributed by atoms with Crippen LogP contribution in [0, 0.1) is 17.0 Å². The first-order valence-corrected chi connectivity index (χ1v) is 10.6. The molecule has 1 aromatic heterocycles. The Morgan fingerprint density at radius 3 is 2.75 bits per heavy atom. The number of anilines is 1. The highest BCUT2D eigenvalue weighted by atomic mass is 32.1. The lowest BCUT2D eigenvalue weighted by molar-refractivity contribution is 0.0410. The molecule has 1 aliphatic rings. The van der Waals surface area contributed by atoms with Gasteiger partial charge in [-0.15, -0.1) is 0 Å². The number of β-amino-alcohol motifs (C(OH)–C–C–N with tert-alkyl or cyclic N) is 1. The Morgan fingerprint density at radius 1 is 1.44 bits per heavy atom. The van der Waals surface area contributed by atoms with Gasteiger partial charge in [-0.2, -0.15) is 0 Å². The second-order valence-electron chi connectivity index (χ2n) is 7.53. The molecule has 3 rings (SSSR count). The van der Waals surface area contributed by atoms with Gasteiger partial charge in [-0.3, -0.25) is 4.79 Å². The molecule has 0 bridgehead atoms. The van der Waals surface area contributed by atoms with E-state index >= 15 is 0 Å². The summed E-state index contributed by atoms with van der Waals surface area (Å²) in [6.07, 6.45) is 0.955. The minimum Gasteiger partial charge on any atom is -0.389 e. The Morgan fingerprint density at radius 2 is 2.12 bits per heavy atom. The average Bonchev–Trinajstić information content (AvgIpc) is 3.01. The molecule has 2 aromatic rings. The molecule has 7 N–H and O–H groups in total. The molecule has 9 nitrogen and oxygen atoms in total. The van der Waals surface area contributed by atoms with Crippen LogP contribution in [-0.4, -0.2) is 65.9 Å². The highest BCUT2D eigenvalue weighted by Crippen LogP contribution is 2.33. The van der Waals surface area contributed by atoms with Crippen molar-refractivity contribution < 1.29 is 18.7 Å². The summed E-state index contributed by atoms with van der Waals surface area (Å²) in [4.78, 5) is 18.7.